The van der Waals surface area contributed by atoms with Gasteiger partial charge in [0, 0.05) is 24.0 Å². The number of anilines is 1. The molecule has 1 aliphatic rings. The normalized spacial score (nSPS) is 20.5. The summed E-state index contributed by atoms with van der Waals surface area (Å²) >= 11 is 0. The molecule has 1 atom stereocenters. The maximum Gasteiger partial charge on any atom is 0.0501 e. The zero-order valence-corrected chi connectivity index (χ0v) is 7.22. The van der Waals surface area contributed by atoms with Crippen molar-refractivity contribution in [1.82, 2.24) is 4.98 Å². The maximum absolute atomic E-state index is 5.55. The van der Waals surface area contributed by atoms with E-state index in [1.807, 2.05) is 24.5 Å². The second-order valence-corrected chi connectivity index (χ2v) is 3.03. The number of allylic oxidation sites excluding steroid dienone is 1. The van der Waals surface area contributed by atoms with Crippen molar-refractivity contribution in [2.45, 2.75) is 12.3 Å². The molecule has 0 aliphatic carbocycles. The highest BCUT2D eigenvalue weighted by Gasteiger charge is 2.09. The van der Waals surface area contributed by atoms with Crippen LogP contribution in [0.5, 0.6) is 0 Å². The summed E-state index contributed by atoms with van der Waals surface area (Å²) in [7, 11) is 0. The number of aromatic nitrogens is 1. The highest BCUT2D eigenvalue weighted by Crippen LogP contribution is 2.20. The van der Waals surface area contributed by atoms with Crippen LogP contribution in [0.3, 0.4) is 0 Å². The Labute approximate surface area is 77.0 Å². The van der Waals surface area contributed by atoms with Crippen LogP contribution in [0.15, 0.2) is 35.6 Å². The Balaban J connectivity index is 2.21. The smallest absolute Gasteiger partial charge is 0.0501 e. The van der Waals surface area contributed by atoms with E-state index < -0.39 is 0 Å². The van der Waals surface area contributed by atoms with Crippen LogP contribution in [0.2, 0.25) is 0 Å². The topological polar surface area (TPSA) is 51.3 Å². The summed E-state index contributed by atoms with van der Waals surface area (Å²) in [5.41, 5.74) is 7.31. The van der Waals surface area contributed by atoms with Crippen LogP contribution < -0.4 is 5.73 Å². The summed E-state index contributed by atoms with van der Waals surface area (Å²) in [6.45, 7) is 0. The van der Waals surface area contributed by atoms with Gasteiger partial charge in [-0.05, 0) is 18.6 Å². The van der Waals surface area contributed by atoms with E-state index >= 15 is 0 Å². The number of nitrogens with zero attached hydrogens (tertiary/aromatic N) is 2. The predicted molar refractivity (Wildman–Crippen MR) is 53.6 cm³/mol. The van der Waals surface area contributed by atoms with Crippen LogP contribution in [0.25, 0.3) is 0 Å². The first-order valence-corrected chi connectivity index (χ1v) is 4.26. The molecule has 0 bridgehead atoms. The third-order valence-electron chi connectivity index (χ3n) is 2.06. The minimum atomic E-state index is 0.359. The molecular weight excluding hydrogens is 162 g/mol. The fourth-order valence-electron chi connectivity index (χ4n) is 1.32. The molecule has 2 heterocycles. The number of pyridine rings is 1. The lowest BCUT2D eigenvalue weighted by Gasteiger charge is -2.11. The van der Waals surface area contributed by atoms with Gasteiger partial charge in [-0.2, -0.15) is 0 Å². The summed E-state index contributed by atoms with van der Waals surface area (Å²) in [4.78, 5) is 8.28. The van der Waals surface area contributed by atoms with Gasteiger partial charge in [0.1, 0.15) is 0 Å². The second kappa shape index (κ2) is 3.39. The van der Waals surface area contributed by atoms with Crippen LogP contribution in [0.1, 0.15) is 18.0 Å². The first-order valence-electron chi connectivity index (χ1n) is 4.26. The second-order valence-electron chi connectivity index (χ2n) is 3.03. The molecule has 1 aromatic rings. The van der Waals surface area contributed by atoms with Crippen LogP contribution in [-0.4, -0.2) is 11.2 Å². The average Bonchev–Trinajstić information content (AvgIpc) is 2.20. The number of aliphatic imine (C=N–C) groups is 1. The number of hydrogen-bond acceptors (Lipinski definition) is 3. The molecule has 3 nitrogen and oxygen atoms in total. The first-order chi connectivity index (χ1) is 6.36. The van der Waals surface area contributed by atoms with Crippen molar-refractivity contribution in [2.24, 2.45) is 4.99 Å². The molecule has 2 N–H and O–H groups in total. The molecule has 1 aromatic heterocycles. The Hall–Kier alpha value is -1.64. The monoisotopic (exact) mass is 173 g/mol. The molecule has 13 heavy (non-hydrogen) atoms. The van der Waals surface area contributed by atoms with Gasteiger partial charge in [0.2, 0.25) is 0 Å². The largest absolute Gasteiger partial charge is 0.397 e. The zero-order chi connectivity index (χ0) is 9.10. The number of rotatable bonds is 1. The highest BCUT2D eigenvalue weighted by atomic mass is 14.7. The maximum atomic E-state index is 5.55. The lowest BCUT2D eigenvalue weighted by atomic mass is 10.0. The van der Waals surface area contributed by atoms with Gasteiger partial charge in [-0.1, -0.05) is 6.08 Å². The Morgan fingerprint density at radius 3 is 2.92 bits per heavy atom. The summed E-state index contributed by atoms with van der Waals surface area (Å²) < 4.78 is 0. The molecule has 0 amide bonds. The van der Waals surface area contributed by atoms with Crippen LogP contribution >= 0.6 is 0 Å². The Morgan fingerprint density at radius 2 is 2.31 bits per heavy atom. The summed E-state index contributed by atoms with van der Waals surface area (Å²) in [6.07, 6.45) is 8.38. The Kier molecular flexibility index (Phi) is 2.08. The van der Waals surface area contributed by atoms with E-state index in [1.165, 1.54) is 0 Å². The Bertz CT molecular complexity index is 338. The Morgan fingerprint density at radius 1 is 1.38 bits per heavy atom. The van der Waals surface area contributed by atoms with E-state index in [2.05, 4.69) is 16.1 Å². The SMILES string of the molecule is Nc1ccc(C2C=CN=CC2)nc1. The van der Waals surface area contributed by atoms with Gasteiger partial charge in [-0.3, -0.25) is 9.98 Å². The minimum absolute atomic E-state index is 0.359. The van der Waals surface area contributed by atoms with Gasteiger partial charge in [0.05, 0.1) is 11.9 Å². The van der Waals surface area contributed by atoms with E-state index in [0.29, 0.717) is 11.6 Å². The van der Waals surface area contributed by atoms with Crippen molar-refractivity contribution in [3.63, 3.8) is 0 Å². The molecule has 0 saturated carbocycles. The van der Waals surface area contributed by atoms with Crippen LogP contribution in [0, 0.1) is 0 Å². The fourth-order valence-corrected chi connectivity index (χ4v) is 1.32. The number of hydrogen-bond donors (Lipinski definition) is 1. The van der Waals surface area contributed by atoms with Crippen molar-refractivity contribution in [3.05, 3.63) is 36.3 Å². The summed E-state index contributed by atoms with van der Waals surface area (Å²) in [6, 6.07) is 3.84. The van der Waals surface area contributed by atoms with Gasteiger partial charge < -0.3 is 5.73 Å². The third-order valence-corrected chi connectivity index (χ3v) is 2.06. The van der Waals surface area contributed by atoms with Crippen molar-refractivity contribution < 1.29 is 0 Å². The minimum Gasteiger partial charge on any atom is -0.397 e. The van der Waals surface area contributed by atoms with E-state index in [1.54, 1.807) is 6.20 Å². The van der Waals surface area contributed by atoms with Gasteiger partial charge in [-0.25, -0.2) is 0 Å². The third kappa shape index (κ3) is 1.75. The first kappa shape index (κ1) is 7.98. The molecule has 0 aromatic carbocycles. The number of nitrogens with two attached hydrogens (primary N) is 1. The van der Waals surface area contributed by atoms with E-state index in [-0.39, 0.29) is 0 Å². The number of nitrogen functional groups attached to an aromatic ring is 1. The summed E-state index contributed by atoms with van der Waals surface area (Å²) in [5, 5.41) is 0. The molecule has 3 heteroatoms. The molecule has 0 radical (unpaired) electrons. The van der Waals surface area contributed by atoms with Crippen molar-refractivity contribution >= 4 is 11.9 Å². The predicted octanol–water partition coefficient (Wildman–Crippen LogP) is 1.74. The van der Waals surface area contributed by atoms with E-state index in [9.17, 15) is 0 Å². The van der Waals surface area contributed by atoms with Gasteiger partial charge in [-0.15, -0.1) is 0 Å². The molecule has 1 aliphatic heterocycles. The molecule has 0 fully saturated rings. The van der Waals surface area contributed by atoms with Crippen LogP contribution in [0.4, 0.5) is 5.69 Å². The van der Waals surface area contributed by atoms with Crippen LogP contribution in [-0.2, 0) is 0 Å². The molecule has 66 valence electrons. The van der Waals surface area contributed by atoms with Gasteiger partial charge in [0.25, 0.3) is 0 Å². The highest BCUT2D eigenvalue weighted by molar-refractivity contribution is 5.61. The lowest BCUT2D eigenvalue weighted by molar-refractivity contribution is 0.844. The van der Waals surface area contributed by atoms with Crippen molar-refractivity contribution in [2.75, 3.05) is 5.73 Å². The van der Waals surface area contributed by atoms with Crippen molar-refractivity contribution in [3.8, 4) is 0 Å². The molecular formula is C10H11N3. The standard InChI is InChI=1S/C10H11N3/c11-9-1-2-10(13-7-9)8-3-5-12-6-4-8/h1-3,5-8H,4,11H2. The van der Waals surface area contributed by atoms with E-state index in [0.717, 1.165) is 12.1 Å². The zero-order valence-electron chi connectivity index (χ0n) is 7.22. The lowest BCUT2D eigenvalue weighted by Crippen LogP contribution is -2.01. The molecule has 0 saturated heterocycles. The molecule has 0 spiro atoms. The summed E-state index contributed by atoms with van der Waals surface area (Å²) in [5.74, 6) is 0.359. The van der Waals surface area contributed by atoms with Gasteiger partial charge in [0.15, 0.2) is 0 Å². The van der Waals surface area contributed by atoms with Gasteiger partial charge >= 0.3 is 0 Å². The van der Waals surface area contributed by atoms with E-state index in [4.69, 9.17) is 5.73 Å². The fraction of sp³-hybridized carbons (Fsp3) is 0.200. The quantitative estimate of drug-likeness (QED) is 0.703. The molecule has 2 rings (SSSR count). The van der Waals surface area contributed by atoms with Crippen molar-refractivity contribution in [1.29, 1.82) is 0 Å². The average molecular weight is 173 g/mol. The molecule has 1 unspecified atom stereocenters.